The van der Waals surface area contributed by atoms with Gasteiger partial charge >= 0.3 is 0 Å². The molecule has 2 atom stereocenters. The molecule has 7 nitrogen and oxygen atoms in total. The van der Waals surface area contributed by atoms with Crippen LogP contribution in [-0.2, 0) is 18.4 Å². The molecule has 0 unspecified atom stereocenters. The lowest BCUT2D eigenvalue weighted by Gasteiger charge is -2.28. The highest BCUT2D eigenvalue weighted by Crippen LogP contribution is 2.36. The average Bonchev–Trinajstić information content (AvgIpc) is 3.26. The molecule has 150 valence electrons. The Kier molecular flexibility index (Phi) is 5.26. The molecular weight excluding hydrogens is 356 g/mol. The predicted molar refractivity (Wildman–Crippen MR) is 105 cm³/mol. The number of hydrogen-bond donors (Lipinski definition) is 1. The molecular formula is C21H28N4O3. The van der Waals surface area contributed by atoms with Crippen LogP contribution in [0.25, 0.3) is 0 Å². The predicted octanol–water partition coefficient (Wildman–Crippen LogP) is 1.93. The van der Waals surface area contributed by atoms with Crippen molar-refractivity contribution in [3.63, 3.8) is 0 Å². The number of carbonyl (C=O) groups excluding carboxylic acids is 1. The highest BCUT2D eigenvalue weighted by atomic mass is 16.5. The maximum atomic E-state index is 13.6. The van der Waals surface area contributed by atoms with E-state index in [9.17, 15) is 4.79 Å². The lowest BCUT2D eigenvalue weighted by atomic mass is 9.89. The third-order valence-electron chi connectivity index (χ3n) is 5.78. The standard InChI is InChI=1S/C21H28N4O3/c1-24-12-15(9-23-24)18-10-22-11-19(18)21(26)25(16-4-5-16)13-14-8-17(27-2)6-7-20(14)28-3/h6-9,12,16,18-19,22H,4-5,10-11,13H2,1-3H3/t18-,19+/m1/s1. The summed E-state index contributed by atoms with van der Waals surface area (Å²) in [6.07, 6.45) is 6.03. The van der Waals surface area contributed by atoms with Crippen LogP contribution < -0.4 is 14.8 Å². The van der Waals surface area contributed by atoms with E-state index in [2.05, 4.69) is 10.4 Å². The van der Waals surface area contributed by atoms with Gasteiger partial charge in [-0.25, -0.2) is 0 Å². The minimum Gasteiger partial charge on any atom is -0.497 e. The minimum absolute atomic E-state index is 0.0681. The number of aryl methyl sites for hydroxylation is 1. The number of amides is 1. The summed E-state index contributed by atoms with van der Waals surface area (Å²) < 4.78 is 12.7. The Balaban J connectivity index is 1.57. The number of benzene rings is 1. The Morgan fingerprint density at radius 3 is 2.75 bits per heavy atom. The Bertz CT molecular complexity index is 846. The van der Waals surface area contributed by atoms with Crippen LogP contribution in [0.4, 0.5) is 0 Å². The van der Waals surface area contributed by atoms with Gasteiger partial charge in [-0.05, 0) is 36.6 Å². The zero-order valence-electron chi connectivity index (χ0n) is 16.7. The highest BCUT2D eigenvalue weighted by Gasteiger charge is 2.41. The SMILES string of the molecule is COc1ccc(OC)c(CN(C(=O)[C@H]2CNC[C@@H]2c2cnn(C)c2)C2CC2)c1. The number of rotatable bonds is 7. The molecule has 1 saturated carbocycles. The lowest BCUT2D eigenvalue weighted by molar-refractivity contribution is -0.136. The summed E-state index contributed by atoms with van der Waals surface area (Å²) in [5, 5.41) is 7.69. The Morgan fingerprint density at radius 2 is 2.11 bits per heavy atom. The number of aromatic nitrogens is 2. The van der Waals surface area contributed by atoms with Crippen molar-refractivity contribution in [2.24, 2.45) is 13.0 Å². The topological polar surface area (TPSA) is 68.6 Å². The molecule has 2 aromatic rings. The highest BCUT2D eigenvalue weighted by molar-refractivity contribution is 5.81. The zero-order chi connectivity index (χ0) is 19.7. The first-order chi connectivity index (χ1) is 13.6. The van der Waals surface area contributed by atoms with E-state index < -0.39 is 0 Å². The molecule has 0 radical (unpaired) electrons. The quantitative estimate of drug-likeness (QED) is 0.790. The lowest BCUT2D eigenvalue weighted by Crippen LogP contribution is -2.39. The smallest absolute Gasteiger partial charge is 0.228 e. The zero-order valence-corrected chi connectivity index (χ0v) is 16.7. The molecule has 7 heteroatoms. The van der Waals surface area contributed by atoms with Crippen LogP contribution in [0.3, 0.4) is 0 Å². The van der Waals surface area contributed by atoms with E-state index >= 15 is 0 Å². The van der Waals surface area contributed by atoms with E-state index in [-0.39, 0.29) is 17.7 Å². The van der Waals surface area contributed by atoms with E-state index in [1.165, 1.54) is 0 Å². The van der Waals surface area contributed by atoms with Gasteiger partial charge < -0.3 is 19.7 Å². The summed E-state index contributed by atoms with van der Waals surface area (Å²) in [5.41, 5.74) is 2.10. The molecule has 1 N–H and O–H groups in total. The first-order valence-electron chi connectivity index (χ1n) is 9.81. The van der Waals surface area contributed by atoms with Gasteiger partial charge in [0.05, 0.1) is 26.3 Å². The molecule has 0 spiro atoms. The molecule has 1 aromatic heterocycles. The molecule has 1 amide bonds. The van der Waals surface area contributed by atoms with Crippen LogP contribution in [0, 0.1) is 5.92 Å². The normalized spacial score (nSPS) is 21.5. The fraction of sp³-hybridized carbons (Fsp3) is 0.524. The van der Waals surface area contributed by atoms with Crippen molar-refractivity contribution in [3.8, 4) is 11.5 Å². The summed E-state index contributed by atoms with van der Waals surface area (Å²) in [5.74, 6) is 1.87. The van der Waals surface area contributed by atoms with Crippen LogP contribution >= 0.6 is 0 Å². The van der Waals surface area contributed by atoms with Crippen molar-refractivity contribution in [1.29, 1.82) is 0 Å². The molecule has 1 aliphatic carbocycles. The van der Waals surface area contributed by atoms with Crippen molar-refractivity contribution >= 4 is 5.91 Å². The second-order valence-electron chi connectivity index (χ2n) is 7.69. The molecule has 2 aliphatic rings. The van der Waals surface area contributed by atoms with Gasteiger partial charge in [0.15, 0.2) is 0 Å². The van der Waals surface area contributed by atoms with Gasteiger partial charge in [-0.1, -0.05) is 0 Å². The monoisotopic (exact) mass is 384 g/mol. The summed E-state index contributed by atoms with van der Waals surface area (Å²) in [6, 6.07) is 6.07. The third kappa shape index (κ3) is 3.71. The molecule has 1 saturated heterocycles. The fourth-order valence-corrected chi connectivity index (χ4v) is 4.10. The van der Waals surface area contributed by atoms with Gasteiger partial charge in [-0.3, -0.25) is 9.48 Å². The van der Waals surface area contributed by atoms with Crippen LogP contribution in [0.2, 0.25) is 0 Å². The molecule has 2 heterocycles. The molecule has 1 aliphatic heterocycles. The molecule has 4 rings (SSSR count). The summed E-state index contributed by atoms with van der Waals surface area (Å²) >= 11 is 0. The van der Waals surface area contributed by atoms with Crippen molar-refractivity contribution < 1.29 is 14.3 Å². The number of nitrogens with one attached hydrogen (secondary N) is 1. The van der Waals surface area contributed by atoms with Gasteiger partial charge in [-0.2, -0.15) is 5.10 Å². The van der Waals surface area contributed by atoms with E-state index in [1.54, 1.807) is 18.9 Å². The molecule has 2 fully saturated rings. The van der Waals surface area contributed by atoms with E-state index in [0.29, 0.717) is 19.1 Å². The van der Waals surface area contributed by atoms with E-state index in [0.717, 1.165) is 42.0 Å². The maximum absolute atomic E-state index is 13.6. The molecule has 0 bridgehead atoms. The Labute approximate surface area is 165 Å². The average molecular weight is 384 g/mol. The van der Waals surface area contributed by atoms with E-state index in [4.69, 9.17) is 9.47 Å². The number of methoxy groups -OCH3 is 2. The third-order valence-corrected chi connectivity index (χ3v) is 5.78. The maximum Gasteiger partial charge on any atom is 0.228 e. The van der Waals surface area contributed by atoms with Crippen molar-refractivity contribution in [2.75, 3.05) is 27.3 Å². The summed E-state index contributed by atoms with van der Waals surface area (Å²) in [6.45, 7) is 2.06. The Morgan fingerprint density at radius 1 is 1.29 bits per heavy atom. The van der Waals surface area contributed by atoms with Crippen LogP contribution in [0.5, 0.6) is 11.5 Å². The second kappa shape index (κ2) is 7.83. The summed E-state index contributed by atoms with van der Waals surface area (Å²) in [7, 11) is 5.22. The van der Waals surface area contributed by atoms with Crippen LogP contribution in [0.15, 0.2) is 30.6 Å². The van der Waals surface area contributed by atoms with Gasteiger partial charge in [0.25, 0.3) is 0 Å². The van der Waals surface area contributed by atoms with Crippen molar-refractivity contribution in [2.45, 2.75) is 31.3 Å². The first kappa shape index (κ1) is 18.8. The fourth-order valence-electron chi connectivity index (χ4n) is 4.10. The largest absolute Gasteiger partial charge is 0.497 e. The van der Waals surface area contributed by atoms with Crippen LogP contribution in [-0.4, -0.2) is 53.9 Å². The summed E-state index contributed by atoms with van der Waals surface area (Å²) in [4.78, 5) is 15.6. The van der Waals surface area contributed by atoms with Crippen molar-refractivity contribution in [1.82, 2.24) is 20.0 Å². The number of carbonyl (C=O) groups is 1. The van der Waals surface area contributed by atoms with Gasteiger partial charge in [0, 0.05) is 50.4 Å². The molecule has 28 heavy (non-hydrogen) atoms. The Hall–Kier alpha value is -2.54. The van der Waals surface area contributed by atoms with Crippen LogP contribution in [0.1, 0.15) is 29.9 Å². The number of nitrogens with zero attached hydrogens (tertiary/aromatic N) is 3. The van der Waals surface area contributed by atoms with Gasteiger partial charge in [0.2, 0.25) is 5.91 Å². The number of hydrogen-bond acceptors (Lipinski definition) is 5. The minimum atomic E-state index is -0.0681. The van der Waals surface area contributed by atoms with Gasteiger partial charge in [-0.15, -0.1) is 0 Å². The molecule has 1 aromatic carbocycles. The number of ether oxygens (including phenoxy) is 2. The van der Waals surface area contributed by atoms with Crippen molar-refractivity contribution in [3.05, 3.63) is 41.7 Å². The van der Waals surface area contributed by atoms with E-state index in [1.807, 2.05) is 42.5 Å². The second-order valence-corrected chi connectivity index (χ2v) is 7.69. The van der Waals surface area contributed by atoms with Gasteiger partial charge in [0.1, 0.15) is 11.5 Å². The first-order valence-corrected chi connectivity index (χ1v) is 9.81.